The van der Waals surface area contributed by atoms with Crippen molar-refractivity contribution in [1.82, 2.24) is 19.9 Å². The molecule has 0 aromatic carbocycles. The van der Waals surface area contributed by atoms with E-state index >= 15 is 0 Å². The summed E-state index contributed by atoms with van der Waals surface area (Å²) in [5.41, 5.74) is 0.910. The lowest BCUT2D eigenvalue weighted by molar-refractivity contribution is -0.135. The first kappa shape index (κ1) is 17.7. The second-order valence-corrected chi connectivity index (χ2v) is 7.32. The minimum Gasteiger partial charge on any atom is -0.387 e. The van der Waals surface area contributed by atoms with Gasteiger partial charge in [-0.15, -0.1) is 0 Å². The molecule has 0 aliphatic heterocycles. The van der Waals surface area contributed by atoms with Crippen LogP contribution in [0.25, 0.3) is 11.0 Å². The van der Waals surface area contributed by atoms with Gasteiger partial charge in [0.15, 0.2) is 0 Å². The van der Waals surface area contributed by atoms with E-state index in [-0.39, 0.29) is 11.3 Å². The summed E-state index contributed by atoms with van der Waals surface area (Å²) in [4.78, 5) is 27.7. The molecule has 1 aliphatic carbocycles. The van der Waals surface area contributed by atoms with Crippen LogP contribution in [0, 0.1) is 5.41 Å². The number of aromatic amines is 1. The van der Waals surface area contributed by atoms with Crippen molar-refractivity contribution in [3.63, 3.8) is 0 Å². The zero-order valence-electron chi connectivity index (χ0n) is 15.2. The van der Waals surface area contributed by atoms with Gasteiger partial charge in [-0.1, -0.05) is 6.92 Å². The van der Waals surface area contributed by atoms with Gasteiger partial charge in [0.25, 0.3) is 0 Å². The molecule has 136 valence electrons. The monoisotopic (exact) mass is 345 g/mol. The van der Waals surface area contributed by atoms with E-state index in [0.717, 1.165) is 36.1 Å². The Morgan fingerprint density at radius 3 is 3.00 bits per heavy atom. The average Bonchev–Trinajstić information content (AvgIpc) is 3.25. The Kier molecular flexibility index (Phi) is 4.94. The van der Waals surface area contributed by atoms with E-state index < -0.39 is 6.61 Å². The molecule has 1 aliphatic rings. The van der Waals surface area contributed by atoms with Crippen LogP contribution in [0.2, 0.25) is 0 Å². The molecule has 25 heavy (non-hydrogen) atoms. The minimum absolute atomic E-state index is 0.0596. The highest BCUT2D eigenvalue weighted by atomic mass is 16.3. The number of carbonyl (C=O) groups is 1. The van der Waals surface area contributed by atoms with E-state index in [0.29, 0.717) is 19.1 Å². The Balaban J connectivity index is 1.73. The van der Waals surface area contributed by atoms with E-state index in [1.165, 1.54) is 0 Å². The van der Waals surface area contributed by atoms with Gasteiger partial charge >= 0.3 is 0 Å². The number of hydrogen-bond acceptors (Lipinski definition) is 5. The second-order valence-electron chi connectivity index (χ2n) is 7.32. The van der Waals surface area contributed by atoms with Gasteiger partial charge in [-0.3, -0.25) is 4.79 Å². The molecule has 0 saturated heterocycles. The molecule has 3 rings (SSSR count). The van der Waals surface area contributed by atoms with E-state index in [1.807, 2.05) is 19.2 Å². The predicted octanol–water partition coefficient (Wildman–Crippen LogP) is 1.79. The van der Waals surface area contributed by atoms with E-state index in [9.17, 15) is 4.79 Å². The molecule has 1 fully saturated rings. The van der Waals surface area contributed by atoms with Crippen LogP contribution in [0.3, 0.4) is 0 Å². The largest absolute Gasteiger partial charge is 0.387 e. The summed E-state index contributed by atoms with van der Waals surface area (Å²) in [5.74, 6) is 0.754. The summed E-state index contributed by atoms with van der Waals surface area (Å²) in [5, 5.41) is 10.2. The SMILES string of the molecule is CCN(C[C@]1(C)CC[C@@H](N(C)c2ncnc3[nH]ccc23)C1)C(=O)CO. The van der Waals surface area contributed by atoms with Crippen LogP contribution in [0.4, 0.5) is 5.82 Å². The zero-order valence-corrected chi connectivity index (χ0v) is 15.2. The third-order valence-electron chi connectivity index (χ3n) is 5.47. The van der Waals surface area contributed by atoms with Gasteiger partial charge in [0.2, 0.25) is 5.91 Å². The van der Waals surface area contributed by atoms with Crippen molar-refractivity contribution in [3.8, 4) is 0 Å². The number of aliphatic hydroxyl groups is 1. The molecular formula is C18H27N5O2. The number of aromatic nitrogens is 3. The quantitative estimate of drug-likeness (QED) is 0.834. The number of H-pyrrole nitrogens is 1. The molecule has 1 amide bonds. The molecule has 0 bridgehead atoms. The molecule has 7 heteroatoms. The minimum atomic E-state index is -0.417. The third-order valence-corrected chi connectivity index (χ3v) is 5.47. The first-order valence-corrected chi connectivity index (χ1v) is 8.87. The maximum atomic E-state index is 11.9. The highest BCUT2D eigenvalue weighted by Gasteiger charge is 2.39. The lowest BCUT2D eigenvalue weighted by Crippen LogP contribution is -2.41. The Bertz CT molecular complexity index is 746. The molecule has 2 atom stereocenters. The van der Waals surface area contributed by atoms with Crippen LogP contribution >= 0.6 is 0 Å². The van der Waals surface area contributed by atoms with Crippen LogP contribution in [0.15, 0.2) is 18.6 Å². The normalized spacial score (nSPS) is 23.1. The number of amides is 1. The summed E-state index contributed by atoms with van der Waals surface area (Å²) in [6.45, 7) is 5.10. The van der Waals surface area contributed by atoms with E-state index in [1.54, 1.807) is 11.2 Å². The van der Waals surface area contributed by atoms with Gasteiger partial charge in [-0.05, 0) is 37.7 Å². The molecule has 2 heterocycles. The van der Waals surface area contributed by atoms with Gasteiger partial charge in [0, 0.05) is 32.4 Å². The lowest BCUT2D eigenvalue weighted by Gasteiger charge is -2.33. The fourth-order valence-corrected chi connectivity index (χ4v) is 4.01. The maximum Gasteiger partial charge on any atom is 0.248 e. The molecule has 0 unspecified atom stereocenters. The van der Waals surface area contributed by atoms with Crippen molar-refractivity contribution in [2.75, 3.05) is 31.6 Å². The van der Waals surface area contributed by atoms with Gasteiger partial charge in [0.05, 0.1) is 5.39 Å². The van der Waals surface area contributed by atoms with Crippen LogP contribution in [0.5, 0.6) is 0 Å². The van der Waals surface area contributed by atoms with Crippen molar-refractivity contribution in [3.05, 3.63) is 18.6 Å². The number of likely N-dealkylation sites (N-methyl/N-ethyl adjacent to an activating group) is 1. The predicted molar refractivity (Wildman–Crippen MR) is 97.4 cm³/mol. The second kappa shape index (κ2) is 7.00. The Hall–Kier alpha value is -2.15. The Morgan fingerprint density at radius 1 is 1.48 bits per heavy atom. The summed E-state index contributed by atoms with van der Waals surface area (Å²) < 4.78 is 0. The maximum absolute atomic E-state index is 11.9. The summed E-state index contributed by atoms with van der Waals surface area (Å²) >= 11 is 0. The zero-order chi connectivity index (χ0) is 18.0. The van der Waals surface area contributed by atoms with Gasteiger partial charge in [-0.2, -0.15) is 0 Å². The molecule has 7 nitrogen and oxygen atoms in total. The van der Waals surface area contributed by atoms with Crippen LogP contribution in [-0.2, 0) is 4.79 Å². The van der Waals surface area contributed by atoms with Gasteiger partial charge < -0.3 is 19.9 Å². The fraction of sp³-hybridized carbons (Fsp3) is 0.611. The van der Waals surface area contributed by atoms with Gasteiger partial charge in [-0.25, -0.2) is 9.97 Å². The smallest absolute Gasteiger partial charge is 0.248 e. The average molecular weight is 345 g/mol. The number of rotatable bonds is 6. The summed E-state index contributed by atoms with van der Waals surface area (Å²) in [7, 11) is 2.08. The number of aliphatic hydroxyl groups excluding tert-OH is 1. The summed E-state index contributed by atoms with van der Waals surface area (Å²) in [6.07, 6.45) is 6.59. The molecule has 2 aromatic rings. The van der Waals surface area contributed by atoms with Gasteiger partial charge in [0.1, 0.15) is 24.4 Å². The number of fused-ring (bicyclic) bond motifs is 1. The number of nitrogens with one attached hydrogen (secondary N) is 1. The topological polar surface area (TPSA) is 85.4 Å². The first-order chi connectivity index (χ1) is 12.0. The molecule has 0 radical (unpaired) electrons. The summed E-state index contributed by atoms with van der Waals surface area (Å²) in [6, 6.07) is 2.38. The van der Waals surface area contributed by atoms with E-state index in [2.05, 4.69) is 33.8 Å². The van der Waals surface area contributed by atoms with Crippen LogP contribution in [-0.4, -0.2) is 63.7 Å². The lowest BCUT2D eigenvalue weighted by atomic mass is 9.87. The number of hydrogen-bond donors (Lipinski definition) is 2. The van der Waals surface area contributed by atoms with Crippen molar-refractivity contribution in [2.24, 2.45) is 5.41 Å². The highest BCUT2D eigenvalue weighted by molar-refractivity contribution is 5.87. The Morgan fingerprint density at radius 2 is 2.28 bits per heavy atom. The molecule has 0 spiro atoms. The Labute approximate surface area is 148 Å². The number of nitrogens with zero attached hydrogens (tertiary/aromatic N) is 4. The first-order valence-electron chi connectivity index (χ1n) is 8.87. The third kappa shape index (κ3) is 3.46. The number of carbonyl (C=O) groups excluding carboxylic acids is 1. The molecule has 2 N–H and O–H groups in total. The molecule has 2 aromatic heterocycles. The van der Waals surface area contributed by atoms with Crippen molar-refractivity contribution >= 4 is 22.8 Å². The van der Waals surface area contributed by atoms with Crippen molar-refractivity contribution < 1.29 is 9.90 Å². The number of anilines is 1. The van der Waals surface area contributed by atoms with Crippen molar-refractivity contribution in [1.29, 1.82) is 0 Å². The molecule has 1 saturated carbocycles. The van der Waals surface area contributed by atoms with Crippen molar-refractivity contribution in [2.45, 2.75) is 39.2 Å². The van der Waals surface area contributed by atoms with Crippen LogP contribution < -0.4 is 4.90 Å². The molecular weight excluding hydrogens is 318 g/mol. The van der Waals surface area contributed by atoms with Crippen LogP contribution in [0.1, 0.15) is 33.1 Å². The standard InChI is InChI=1S/C18H27N5O2/c1-4-23(15(25)10-24)11-18(2)7-5-13(9-18)22(3)17-14-6-8-19-16(14)20-12-21-17/h6,8,12-13,24H,4-5,7,9-11H2,1-3H3,(H,19,20,21)/t13-,18-/m1/s1. The fourth-order valence-electron chi connectivity index (χ4n) is 4.01. The highest BCUT2D eigenvalue weighted by Crippen LogP contribution is 2.41. The van der Waals surface area contributed by atoms with E-state index in [4.69, 9.17) is 5.11 Å².